The number of aliphatic hydroxyl groups excluding tert-OH is 1. The van der Waals surface area contributed by atoms with Crippen LogP contribution >= 0.6 is 23.2 Å². The van der Waals surface area contributed by atoms with Crippen LogP contribution in [-0.2, 0) is 24.3 Å². The van der Waals surface area contributed by atoms with E-state index in [1.54, 1.807) is 25.1 Å². The number of fused-ring (bicyclic) bond motifs is 1. The molecule has 1 amide bonds. The predicted molar refractivity (Wildman–Crippen MR) is 178 cm³/mol. The molecular weight excluding hydrogens is 649 g/mol. The quantitative estimate of drug-likeness (QED) is 0.266. The summed E-state index contributed by atoms with van der Waals surface area (Å²) < 4.78 is 33.7. The molecule has 12 heteroatoms. The van der Waals surface area contributed by atoms with E-state index in [4.69, 9.17) is 33.0 Å². The summed E-state index contributed by atoms with van der Waals surface area (Å²) in [4.78, 5) is 26.7. The lowest BCUT2D eigenvalue weighted by Crippen LogP contribution is -2.49. The number of ether oxygens (including phenoxy) is 1. The number of rotatable bonds is 9. The normalized spacial score (nSPS) is 20.2. The van der Waals surface area contributed by atoms with E-state index >= 15 is 0 Å². The molecule has 2 aliphatic rings. The second-order valence-corrected chi connectivity index (χ2v) is 14.2. The third-order valence-electron chi connectivity index (χ3n) is 8.32. The van der Waals surface area contributed by atoms with E-state index in [2.05, 4.69) is 4.72 Å². The molecule has 0 radical (unpaired) electrons. The Labute approximate surface area is 278 Å². The fraction of sp³-hybridized carbons (Fsp3) is 0.324. The third kappa shape index (κ3) is 7.53. The molecule has 3 aromatic rings. The van der Waals surface area contributed by atoms with Crippen molar-refractivity contribution in [3.8, 4) is 0 Å². The fourth-order valence-electron chi connectivity index (χ4n) is 5.71. The number of carbonyl (C=O) groups excluding carboxylic acids is 2. The zero-order chi connectivity index (χ0) is 33.2. The molecule has 0 unspecified atom stereocenters. The number of esters is 1. The molecular formula is C34H35Cl2N3O6S. The van der Waals surface area contributed by atoms with Gasteiger partial charge < -0.3 is 9.84 Å². The summed E-state index contributed by atoms with van der Waals surface area (Å²) >= 11 is 12.2. The lowest BCUT2D eigenvalue weighted by Gasteiger charge is -2.29. The van der Waals surface area contributed by atoms with E-state index in [1.807, 2.05) is 49.4 Å². The highest BCUT2D eigenvalue weighted by molar-refractivity contribution is 7.89. The Morgan fingerprint density at radius 2 is 1.70 bits per heavy atom. The highest BCUT2D eigenvalue weighted by atomic mass is 35.5. The zero-order valence-electron chi connectivity index (χ0n) is 25.6. The Bertz CT molecular complexity index is 1790. The Morgan fingerprint density at radius 1 is 1.04 bits per heavy atom. The van der Waals surface area contributed by atoms with E-state index in [0.29, 0.717) is 10.0 Å². The minimum Gasteiger partial charge on any atom is -0.454 e. The number of hydrogen-bond donors (Lipinski definition) is 2. The van der Waals surface area contributed by atoms with Crippen LogP contribution in [-0.4, -0.2) is 54.9 Å². The maximum atomic E-state index is 13.7. The minimum atomic E-state index is -4.19. The van der Waals surface area contributed by atoms with Crippen LogP contribution in [0.1, 0.15) is 54.5 Å². The second-order valence-electron chi connectivity index (χ2n) is 11.6. The van der Waals surface area contributed by atoms with Crippen molar-refractivity contribution in [1.82, 2.24) is 9.73 Å². The molecule has 1 aliphatic heterocycles. The van der Waals surface area contributed by atoms with E-state index < -0.39 is 46.7 Å². The molecule has 9 nitrogen and oxygen atoms in total. The van der Waals surface area contributed by atoms with Crippen LogP contribution in [0.15, 0.2) is 82.3 Å². The number of sulfonamides is 1. The Hall–Kier alpha value is -3.54. The van der Waals surface area contributed by atoms with Gasteiger partial charge in [0.25, 0.3) is 5.91 Å². The lowest BCUT2D eigenvalue weighted by atomic mass is 9.77. The SMILES string of the molecule is Cc1ccc(S(=O)(=O)N[C@H](C(=O)OCC(=O)N2N=C3/C(=C/c4ccc(Cl)cc4)CCC[C@H]3[C@H]2c2ccc(Cl)cc2)[C@H](C)O)cc1C. The monoisotopic (exact) mass is 683 g/mol. The molecule has 1 aliphatic carbocycles. The van der Waals surface area contributed by atoms with Gasteiger partial charge in [-0.25, -0.2) is 13.4 Å². The summed E-state index contributed by atoms with van der Waals surface area (Å²) in [5.41, 5.74) is 5.21. The van der Waals surface area contributed by atoms with Gasteiger partial charge in [-0.1, -0.05) is 53.5 Å². The average molecular weight is 685 g/mol. The van der Waals surface area contributed by atoms with Gasteiger partial charge in [0.15, 0.2) is 6.61 Å². The summed E-state index contributed by atoms with van der Waals surface area (Å²) in [6, 6.07) is 17.1. The molecule has 5 rings (SSSR count). The lowest BCUT2D eigenvalue weighted by molar-refractivity contribution is -0.156. The average Bonchev–Trinajstić information content (AvgIpc) is 3.42. The van der Waals surface area contributed by atoms with Gasteiger partial charge in [0.2, 0.25) is 10.0 Å². The topological polar surface area (TPSA) is 125 Å². The highest BCUT2D eigenvalue weighted by Gasteiger charge is 2.44. The molecule has 0 aromatic heterocycles. The number of allylic oxidation sites excluding steroid dienone is 1. The van der Waals surface area contributed by atoms with Gasteiger partial charge in [0.1, 0.15) is 6.04 Å². The van der Waals surface area contributed by atoms with Crippen LogP contribution in [0.25, 0.3) is 6.08 Å². The largest absolute Gasteiger partial charge is 0.454 e. The van der Waals surface area contributed by atoms with E-state index in [9.17, 15) is 23.1 Å². The number of aryl methyl sites for hydroxylation is 2. The van der Waals surface area contributed by atoms with Gasteiger partial charge >= 0.3 is 5.97 Å². The highest BCUT2D eigenvalue weighted by Crippen LogP contribution is 2.44. The summed E-state index contributed by atoms with van der Waals surface area (Å²) in [5.74, 6) is -1.79. The van der Waals surface area contributed by atoms with E-state index in [0.717, 1.165) is 52.8 Å². The van der Waals surface area contributed by atoms with Crippen molar-refractivity contribution in [3.05, 3.63) is 105 Å². The number of halogens is 2. The van der Waals surface area contributed by atoms with Crippen molar-refractivity contribution in [1.29, 1.82) is 0 Å². The summed E-state index contributed by atoms with van der Waals surface area (Å²) in [6.07, 6.45) is 3.06. The maximum absolute atomic E-state index is 13.7. The van der Waals surface area contributed by atoms with Crippen LogP contribution in [0.2, 0.25) is 10.0 Å². The van der Waals surface area contributed by atoms with Crippen LogP contribution in [0.5, 0.6) is 0 Å². The molecule has 0 spiro atoms. The molecule has 242 valence electrons. The molecule has 0 saturated heterocycles. The molecule has 3 aromatic carbocycles. The van der Waals surface area contributed by atoms with Crippen LogP contribution in [0.3, 0.4) is 0 Å². The molecule has 1 heterocycles. The third-order valence-corrected chi connectivity index (χ3v) is 10.3. The van der Waals surface area contributed by atoms with E-state index in [1.165, 1.54) is 24.1 Å². The Kier molecular flexibility index (Phi) is 10.3. The van der Waals surface area contributed by atoms with Crippen molar-refractivity contribution < 1.29 is 27.9 Å². The van der Waals surface area contributed by atoms with E-state index in [-0.39, 0.29) is 10.8 Å². The van der Waals surface area contributed by atoms with Gasteiger partial charge in [0.05, 0.1) is 22.8 Å². The Morgan fingerprint density at radius 3 is 2.33 bits per heavy atom. The van der Waals surface area contributed by atoms with Gasteiger partial charge in [-0.2, -0.15) is 9.82 Å². The number of nitrogens with one attached hydrogen (secondary N) is 1. The number of nitrogens with zero attached hydrogens (tertiary/aromatic N) is 2. The standard InChI is InChI=1S/C34H35Cl2N3O6S/c1-20-7-16-28(17-21(20)2)46(43,44)38-31(22(3)40)34(42)45-19-30(41)39-33(24-10-14-27(36)15-11-24)29-6-4-5-25(32(29)37-39)18-23-8-12-26(35)13-9-23/h7-18,22,29,31,33,38,40H,4-6,19H2,1-3H3/b25-18+/t22-,29+,31-,33+/m0/s1. The van der Waals surface area contributed by atoms with Gasteiger partial charge in [-0.15, -0.1) is 0 Å². The van der Waals surface area contributed by atoms with Crippen LogP contribution < -0.4 is 4.72 Å². The van der Waals surface area contributed by atoms with Gasteiger partial charge in [0, 0.05) is 16.0 Å². The van der Waals surface area contributed by atoms with Crippen molar-refractivity contribution >= 4 is 56.9 Å². The van der Waals surface area contributed by atoms with Crippen molar-refractivity contribution in [3.63, 3.8) is 0 Å². The first-order chi connectivity index (χ1) is 21.8. The smallest absolute Gasteiger partial charge is 0.327 e. The summed E-state index contributed by atoms with van der Waals surface area (Å²) in [6.45, 7) is 4.17. The first-order valence-corrected chi connectivity index (χ1v) is 17.1. The maximum Gasteiger partial charge on any atom is 0.327 e. The van der Waals surface area contributed by atoms with Gasteiger partial charge in [-0.05, 0) is 110 Å². The molecule has 0 bridgehead atoms. The molecule has 2 N–H and O–H groups in total. The molecule has 46 heavy (non-hydrogen) atoms. The van der Waals surface area contributed by atoms with Crippen molar-refractivity contribution in [2.24, 2.45) is 11.0 Å². The molecule has 4 atom stereocenters. The number of hydrogen-bond acceptors (Lipinski definition) is 7. The summed E-state index contributed by atoms with van der Waals surface area (Å²) in [5, 5.41) is 17.6. The summed E-state index contributed by atoms with van der Waals surface area (Å²) in [7, 11) is -4.19. The fourth-order valence-corrected chi connectivity index (χ4v) is 7.30. The number of aliphatic hydroxyl groups is 1. The van der Waals surface area contributed by atoms with Crippen LogP contribution in [0.4, 0.5) is 0 Å². The minimum absolute atomic E-state index is 0.0612. The molecule has 1 saturated carbocycles. The Balaban J connectivity index is 1.37. The number of hydrazone groups is 1. The molecule has 1 fully saturated rings. The van der Waals surface area contributed by atoms with Crippen LogP contribution in [0, 0.1) is 19.8 Å². The predicted octanol–water partition coefficient (Wildman–Crippen LogP) is 6.00. The van der Waals surface area contributed by atoms with Gasteiger partial charge in [-0.3, -0.25) is 9.59 Å². The second kappa shape index (κ2) is 14.1. The van der Waals surface area contributed by atoms with Crippen molar-refractivity contribution in [2.45, 2.75) is 63.1 Å². The number of carbonyl (C=O) groups is 2. The number of amides is 1. The van der Waals surface area contributed by atoms with Crippen molar-refractivity contribution in [2.75, 3.05) is 6.61 Å². The number of benzene rings is 3. The first-order valence-electron chi connectivity index (χ1n) is 14.9. The zero-order valence-corrected chi connectivity index (χ0v) is 27.9. The first kappa shape index (κ1) is 33.8.